The van der Waals surface area contributed by atoms with E-state index in [1.54, 1.807) is 0 Å². The topological polar surface area (TPSA) is 29.3 Å². The van der Waals surface area contributed by atoms with Crippen molar-refractivity contribution in [3.05, 3.63) is 41.5 Å². The first kappa shape index (κ1) is 11.2. The van der Waals surface area contributed by atoms with Crippen LogP contribution >= 0.6 is 0 Å². The van der Waals surface area contributed by atoms with Crippen molar-refractivity contribution in [1.29, 1.82) is 0 Å². The zero-order chi connectivity index (χ0) is 11.5. The van der Waals surface area contributed by atoms with E-state index in [1.807, 2.05) is 6.92 Å². The summed E-state index contributed by atoms with van der Waals surface area (Å²) in [5.74, 6) is 0. The van der Waals surface area contributed by atoms with Crippen molar-refractivity contribution in [1.82, 2.24) is 0 Å². The van der Waals surface area contributed by atoms with Gasteiger partial charge in [-0.15, -0.1) is 0 Å². The molecule has 0 aliphatic carbocycles. The molecule has 0 fully saturated rings. The van der Waals surface area contributed by atoms with Crippen LogP contribution in [0, 0.1) is 0 Å². The third-order valence-electron chi connectivity index (χ3n) is 3.22. The molecular weight excluding hydrogens is 196 g/mol. The molecule has 0 saturated carbocycles. The number of benzene rings is 1. The van der Waals surface area contributed by atoms with Crippen LogP contribution in [0.4, 0.5) is 5.69 Å². The molecule has 1 aromatic rings. The zero-order valence-corrected chi connectivity index (χ0v) is 10.1. The predicted octanol–water partition coefficient (Wildman–Crippen LogP) is 2.86. The van der Waals surface area contributed by atoms with E-state index in [1.165, 1.54) is 23.2 Å². The van der Waals surface area contributed by atoms with Gasteiger partial charge in [-0.3, -0.25) is 0 Å². The maximum absolute atomic E-state index is 5.84. The summed E-state index contributed by atoms with van der Waals surface area (Å²) in [7, 11) is 0. The number of hydrogen-bond donors (Lipinski definition) is 1. The second-order valence-electron chi connectivity index (χ2n) is 4.63. The number of rotatable bonds is 2. The maximum Gasteiger partial charge on any atom is 0.0369 e. The standard InChI is InChI=1S/C14H20N2/c1-11-7-9-16(10-8-11)14-5-3-13(4-6-14)12(2)15/h3-7,12H,8-10,15H2,1-2H3. The van der Waals surface area contributed by atoms with Crippen LogP contribution in [0.2, 0.25) is 0 Å². The lowest BCUT2D eigenvalue weighted by atomic mass is 10.1. The number of hydrogen-bond acceptors (Lipinski definition) is 2. The molecule has 1 aliphatic rings. The Balaban J connectivity index is 2.10. The van der Waals surface area contributed by atoms with Crippen LogP contribution in [0.15, 0.2) is 35.9 Å². The summed E-state index contributed by atoms with van der Waals surface area (Å²) in [5, 5.41) is 0. The average molecular weight is 216 g/mol. The van der Waals surface area contributed by atoms with Gasteiger partial charge in [0, 0.05) is 24.8 Å². The summed E-state index contributed by atoms with van der Waals surface area (Å²) in [4.78, 5) is 2.40. The summed E-state index contributed by atoms with van der Waals surface area (Å²) in [5.41, 5.74) is 9.84. The van der Waals surface area contributed by atoms with Gasteiger partial charge in [0.25, 0.3) is 0 Å². The molecule has 2 nitrogen and oxygen atoms in total. The largest absolute Gasteiger partial charge is 0.367 e. The fourth-order valence-electron chi connectivity index (χ4n) is 1.99. The Labute approximate surface area is 97.8 Å². The van der Waals surface area contributed by atoms with Crippen LogP contribution in [0.5, 0.6) is 0 Å². The van der Waals surface area contributed by atoms with Crippen molar-refractivity contribution in [2.24, 2.45) is 5.73 Å². The Bertz CT molecular complexity index is 376. The molecule has 0 amide bonds. The summed E-state index contributed by atoms with van der Waals surface area (Å²) in [6.45, 7) is 6.38. The highest BCUT2D eigenvalue weighted by molar-refractivity contribution is 5.49. The summed E-state index contributed by atoms with van der Waals surface area (Å²) >= 11 is 0. The summed E-state index contributed by atoms with van der Waals surface area (Å²) < 4.78 is 0. The van der Waals surface area contributed by atoms with Crippen molar-refractivity contribution in [3.63, 3.8) is 0 Å². The fraction of sp³-hybridized carbons (Fsp3) is 0.429. The summed E-state index contributed by atoms with van der Waals surface area (Å²) in [6.07, 6.45) is 3.48. The third kappa shape index (κ3) is 2.45. The maximum atomic E-state index is 5.84. The van der Waals surface area contributed by atoms with E-state index in [-0.39, 0.29) is 6.04 Å². The Morgan fingerprint density at radius 3 is 2.44 bits per heavy atom. The van der Waals surface area contributed by atoms with Gasteiger partial charge in [0.15, 0.2) is 0 Å². The number of anilines is 1. The van der Waals surface area contributed by atoms with Gasteiger partial charge in [-0.25, -0.2) is 0 Å². The quantitative estimate of drug-likeness (QED) is 0.770. The lowest BCUT2D eigenvalue weighted by Crippen LogP contribution is -2.28. The second kappa shape index (κ2) is 4.71. The number of nitrogens with two attached hydrogens (primary N) is 1. The van der Waals surface area contributed by atoms with Gasteiger partial charge in [-0.1, -0.05) is 23.8 Å². The summed E-state index contributed by atoms with van der Waals surface area (Å²) in [6, 6.07) is 8.73. The average Bonchev–Trinajstić information content (AvgIpc) is 2.30. The molecule has 1 atom stereocenters. The minimum atomic E-state index is 0.123. The molecule has 0 saturated heterocycles. The Morgan fingerprint density at radius 1 is 1.25 bits per heavy atom. The van der Waals surface area contributed by atoms with E-state index in [2.05, 4.69) is 42.2 Å². The van der Waals surface area contributed by atoms with Gasteiger partial charge in [0.2, 0.25) is 0 Å². The molecular formula is C14H20N2. The van der Waals surface area contributed by atoms with E-state index in [4.69, 9.17) is 5.73 Å². The molecule has 1 aromatic carbocycles. The normalized spacial score (nSPS) is 18.2. The molecule has 0 aromatic heterocycles. The second-order valence-corrected chi connectivity index (χ2v) is 4.63. The first-order valence-electron chi connectivity index (χ1n) is 5.93. The fourth-order valence-corrected chi connectivity index (χ4v) is 1.99. The lowest BCUT2D eigenvalue weighted by molar-refractivity contribution is 0.784. The van der Waals surface area contributed by atoms with Gasteiger partial charge < -0.3 is 10.6 Å². The van der Waals surface area contributed by atoms with Crippen LogP contribution in [-0.4, -0.2) is 13.1 Å². The lowest BCUT2D eigenvalue weighted by Gasteiger charge is -2.27. The predicted molar refractivity (Wildman–Crippen MR) is 69.6 cm³/mol. The molecule has 1 aliphatic heterocycles. The van der Waals surface area contributed by atoms with Crippen molar-refractivity contribution in [3.8, 4) is 0 Å². The highest BCUT2D eigenvalue weighted by atomic mass is 15.1. The van der Waals surface area contributed by atoms with Crippen molar-refractivity contribution >= 4 is 5.69 Å². The van der Waals surface area contributed by atoms with Crippen LogP contribution in [-0.2, 0) is 0 Å². The highest BCUT2D eigenvalue weighted by Gasteiger charge is 2.10. The van der Waals surface area contributed by atoms with Gasteiger partial charge >= 0.3 is 0 Å². The van der Waals surface area contributed by atoms with Gasteiger partial charge in [-0.05, 0) is 38.0 Å². The van der Waals surface area contributed by atoms with Crippen molar-refractivity contribution in [2.45, 2.75) is 26.3 Å². The molecule has 16 heavy (non-hydrogen) atoms. The minimum absolute atomic E-state index is 0.123. The van der Waals surface area contributed by atoms with E-state index in [0.717, 1.165) is 13.1 Å². The van der Waals surface area contributed by atoms with Gasteiger partial charge in [0.05, 0.1) is 0 Å². The molecule has 1 unspecified atom stereocenters. The Kier molecular flexibility index (Phi) is 3.30. The zero-order valence-electron chi connectivity index (χ0n) is 10.1. The van der Waals surface area contributed by atoms with Crippen molar-refractivity contribution in [2.75, 3.05) is 18.0 Å². The SMILES string of the molecule is CC1=CCN(c2ccc(C(C)N)cc2)CC1. The number of nitrogens with zero attached hydrogens (tertiary/aromatic N) is 1. The van der Waals surface area contributed by atoms with E-state index in [0.29, 0.717) is 0 Å². The molecule has 1 heterocycles. The molecule has 2 heteroatoms. The molecule has 2 N–H and O–H groups in total. The monoisotopic (exact) mass is 216 g/mol. The van der Waals surface area contributed by atoms with Gasteiger partial charge in [0.1, 0.15) is 0 Å². The van der Waals surface area contributed by atoms with Crippen LogP contribution in [0.1, 0.15) is 31.9 Å². The first-order chi connectivity index (χ1) is 7.66. The third-order valence-corrected chi connectivity index (χ3v) is 3.22. The smallest absolute Gasteiger partial charge is 0.0369 e. The molecule has 0 radical (unpaired) electrons. The van der Waals surface area contributed by atoms with Gasteiger partial charge in [-0.2, -0.15) is 0 Å². The van der Waals surface area contributed by atoms with Crippen LogP contribution in [0.3, 0.4) is 0 Å². The highest BCUT2D eigenvalue weighted by Crippen LogP contribution is 2.21. The van der Waals surface area contributed by atoms with Crippen molar-refractivity contribution < 1.29 is 0 Å². The van der Waals surface area contributed by atoms with E-state index < -0.39 is 0 Å². The molecule has 0 bridgehead atoms. The first-order valence-corrected chi connectivity index (χ1v) is 5.93. The Hall–Kier alpha value is -1.28. The molecule has 86 valence electrons. The van der Waals surface area contributed by atoms with E-state index in [9.17, 15) is 0 Å². The molecule has 0 spiro atoms. The van der Waals surface area contributed by atoms with E-state index >= 15 is 0 Å². The van der Waals surface area contributed by atoms with Crippen LogP contribution < -0.4 is 10.6 Å². The Morgan fingerprint density at radius 2 is 1.94 bits per heavy atom. The van der Waals surface area contributed by atoms with Crippen LogP contribution in [0.25, 0.3) is 0 Å². The minimum Gasteiger partial charge on any atom is -0.367 e. The molecule has 2 rings (SSSR count).